The molecule has 94 valence electrons. The summed E-state index contributed by atoms with van der Waals surface area (Å²) < 4.78 is 4.78. The fraction of sp³-hybridized carbons (Fsp3) is 0.615. The van der Waals surface area contributed by atoms with Gasteiger partial charge >= 0.3 is 5.97 Å². The molecule has 0 atom stereocenters. The molecule has 1 rings (SSSR count). The normalized spacial score (nSPS) is 12.4. The third-order valence-electron chi connectivity index (χ3n) is 2.68. The van der Waals surface area contributed by atoms with Crippen molar-refractivity contribution in [2.45, 2.75) is 45.4 Å². The van der Waals surface area contributed by atoms with Crippen LogP contribution in [-0.4, -0.2) is 23.0 Å². The maximum absolute atomic E-state index is 11.7. The highest BCUT2D eigenvalue weighted by Gasteiger charge is 2.34. The minimum Gasteiger partial charge on any atom is -0.468 e. The molecule has 0 unspecified atom stereocenters. The Bertz CT molecular complexity index is 420. The van der Waals surface area contributed by atoms with E-state index < -0.39 is 5.41 Å². The zero-order valence-electron chi connectivity index (χ0n) is 11.4. The lowest BCUT2D eigenvalue weighted by molar-refractivity contribution is -0.146. The Labute approximate surface area is 102 Å². The molecule has 0 aromatic carbocycles. The van der Waals surface area contributed by atoms with Gasteiger partial charge in [-0.2, -0.15) is 0 Å². The molecule has 1 aromatic rings. The van der Waals surface area contributed by atoms with Gasteiger partial charge in [-0.3, -0.25) is 4.79 Å². The summed E-state index contributed by atoms with van der Waals surface area (Å²) in [7, 11) is 1.37. The molecular weight excluding hydrogens is 216 g/mol. The summed E-state index contributed by atoms with van der Waals surface area (Å²) in [6, 6.07) is 1.87. The molecule has 0 aliphatic rings. The average Bonchev–Trinajstić information content (AvgIpc) is 2.27. The predicted octanol–water partition coefficient (Wildman–Crippen LogP) is 2.22. The molecule has 0 saturated carbocycles. The molecule has 17 heavy (non-hydrogen) atoms. The molecule has 0 radical (unpaired) electrons. The van der Waals surface area contributed by atoms with Gasteiger partial charge in [0.25, 0.3) is 0 Å². The van der Waals surface area contributed by atoms with E-state index in [2.05, 4.69) is 30.7 Å². The summed E-state index contributed by atoms with van der Waals surface area (Å²) >= 11 is 0. The van der Waals surface area contributed by atoms with Crippen LogP contribution in [0.4, 0.5) is 0 Å². The van der Waals surface area contributed by atoms with Crippen LogP contribution in [-0.2, 0) is 20.4 Å². The van der Waals surface area contributed by atoms with Crippen molar-refractivity contribution in [1.29, 1.82) is 0 Å². The lowest BCUT2D eigenvalue weighted by Crippen LogP contribution is -2.33. The number of carbonyl (C=O) groups excluding carboxylic acids is 1. The molecule has 0 N–H and O–H groups in total. The van der Waals surface area contributed by atoms with Crippen molar-refractivity contribution in [3.05, 3.63) is 23.8 Å². The molecule has 0 spiro atoms. The summed E-state index contributed by atoms with van der Waals surface area (Å²) in [6.45, 7) is 9.75. The maximum Gasteiger partial charge on any atom is 0.318 e. The fourth-order valence-corrected chi connectivity index (χ4v) is 1.42. The second-order valence-corrected chi connectivity index (χ2v) is 5.63. The Balaban J connectivity index is 3.20. The van der Waals surface area contributed by atoms with Crippen molar-refractivity contribution in [2.24, 2.45) is 0 Å². The number of hydrogen-bond donors (Lipinski definition) is 0. The molecule has 0 aliphatic carbocycles. The van der Waals surface area contributed by atoms with E-state index in [0.717, 1.165) is 5.69 Å². The Morgan fingerprint density at radius 2 is 1.82 bits per heavy atom. The smallest absolute Gasteiger partial charge is 0.318 e. The maximum atomic E-state index is 11.7. The summed E-state index contributed by atoms with van der Waals surface area (Å²) in [5.41, 5.74) is 0.0272. The lowest BCUT2D eigenvalue weighted by Gasteiger charge is -2.23. The van der Waals surface area contributed by atoms with Crippen LogP contribution in [0.5, 0.6) is 0 Å². The van der Waals surface area contributed by atoms with Crippen molar-refractivity contribution >= 4 is 5.97 Å². The van der Waals surface area contributed by atoms with E-state index >= 15 is 0 Å². The van der Waals surface area contributed by atoms with Gasteiger partial charge in [-0.25, -0.2) is 9.97 Å². The summed E-state index contributed by atoms with van der Waals surface area (Å²) in [6.07, 6.45) is 1.69. The number of carbonyl (C=O) groups is 1. The Kier molecular flexibility index (Phi) is 3.55. The molecule has 0 aliphatic heterocycles. The minimum atomic E-state index is -0.823. The van der Waals surface area contributed by atoms with Crippen molar-refractivity contribution in [2.75, 3.05) is 7.11 Å². The molecule has 4 nitrogen and oxygen atoms in total. The standard InChI is InChI=1S/C13H20N2O2/c1-12(2,3)9-7-8-14-10(15-9)13(4,5)11(16)17-6/h7-8H,1-6H3. The lowest BCUT2D eigenvalue weighted by atomic mass is 9.89. The van der Waals surface area contributed by atoms with Gasteiger partial charge in [-0.05, 0) is 19.9 Å². The first kappa shape index (κ1) is 13.6. The summed E-state index contributed by atoms with van der Waals surface area (Å²) in [5.74, 6) is 0.167. The third-order valence-corrected chi connectivity index (χ3v) is 2.68. The fourth-order valence-electron chi connectivity index (χ4n) is 1.42. The van der Waals surface area contributed by atoms with E-state index in [1.54, 1.807) is 20.0 Å². The van der Waals surface area contributed by atoms with Crippen LogP contribution in [0.3, 0.4) is 0 Å². The van der Waals surface area contributed by atoms with Gasteiger partial charge in [0.15, 0.2) is 0 Å². The second kappa shape index (κ2) is 4.43. The van der Waals surface area contributed by atoms with E-state index in [0.29, 0.717) is 5.82 Å². The molecule has 0 amide bonds. The van der Waals surface area contributed by atoms with Gasteiger partial charge < -0.3 is 4.74 Å². The number of nitrogens with zero attached hydrogens (tertiary/aromatic N) is 2. The highest BCUT2D eigenvalue weighted by molar-refractivity contribution is 5.80. The van der Waals surface area contributed by atoms with Crippen LogP contribution < -0.4 is 0 Å². The number of methoxy groups -OCH3 is 1. The SMILES string of the molecule is COC(=O)C(C)(C)c1nccc(C(C)(C)C)n1. The first-order chi connectivity index (χ1) is 7.69. The van der Waals surface area contributed by atoms with Crippen molar-refractivity contribution in [3.63, 3.8) is 0 Å². The van der Waals surface area contributed by atoms with E-state index in [1.165, 1.54) is 7.11 Å². The minimum absolute atomic E-state index is 0.0656. The first-order valence-electron chi connectivity index (χ1n) is 5.62. The van der Waals surface area contributed by atoms with Crippen molar-refractivity contribution < 1.29 is 9.53 Å². The highest BCUT2D eigenvalue weighted by Crippen LogP contribution is 2.25. The monoisotopic (exact) mass is 236 g/mol. The van der Waals surface area contributed by atoms with Crippen LogP contribution in [0.1, 0.15) is 46.1 Å². The van der Waals surface area contributed by atoms with Gasteiger partial charge in [0.1, 0.15) is 11.2 Å². The quantitative estimate of drug-likeness (QED) is 0.739. The highest BCUT2D eigenvalue weighted by atomic mass is 16.5. The molecular formula is C13H20N2O2. The van der Waals surface area contributed by atoms with Crippen LogP contribution in [0.25, 0.3) is 0 Å². The van der Waals surface area contributed by atoms with E-state index in [9.17, 15) is 4.79 Å². The van der Waals surface area contributed by atoms with E-state index in [1.807, 2.05) is 6.07 Å². The van der Waals surface area contributed by atoms with Crippen LogP contribution >= 0.6 is 0 Å². The van der Waals surface area contributed by atoms with Gasteiger partial charge in [0, 0.05) is 17.3 Å². The first-order valence-corrected chi connectivity index (χ1v) is 5.62. The van der Waals surface area contributed by atoms with Crippen LogP contribution in [0.15, 0.2) is 12.3 Å². The number of hydrogen-bond acceptors (Lipinski definition) is 4. The Morgan fingerprint density at radius 1 is 1.24 bits per heavy atom. The Hall–Kier alpha value is -1.45. The number of aromatic nitrogens is 2. The van der Waals surface area contributed by atoms with Crippen LogP contribution in [0, 0.1) is 0 Å². The number of esters is 1. The second-order valence-electron chi connectivity index (χ2n) is 5.63. The summed E-state index contributed by atoms with van der Waals surface area (Å²) in [4.78, 5) is 20.3. The predicted molar refractivity (Wildman–Crippen MR) is 65.8 cm³/mol. The molecule has 0 bridgehead atoms. The molecule has 1 aromatic heterocycles. The van der Waals surface area contributed by atoms with Crippen molar-refractivity contribution in [3.8, 4) is 0 Å². The average molecular weight is 236 g/mol. The molecule has 0 saturated heterocycles. The van der Waals surface area contributed by atoms with E-state index in [4.69, 9.17) is 4.74 Å². The van der Waals surface area contributed by atoms with Crippen molar-refractivity contribution in [1.82, 2.24) is 9.97 Å². The topological polar surface area (TPSA) is 52.1 Å². The Morgan fingerprint density at radius 3 is 2.29 bits per heavy atom. The third kappa shape index (κ3) is 2.81. The zero-order valence-corrected chi connectivity index (χ0v) is 11.4. The molecule has 4 heteroatoms. The number of rotatable bonds is 2. The van der Waals surface area contributed by atoms with Gasteiger partial charge in [-0.1, -0.05) is 20.8 Å². The van der Waals surface area contributed by atoms with Gasteiger partial charge in [0.2, 0.25) is 0 Å². The van der Waals surface area contributed by atoms with E-state index in [-0.39, 0.29) is 11.4 Å². The number of ether oxygens (including phenoxy) is 1. The van der Waals surface area contributed by atoms with Gasteiger partial charge in [-0.15, -0.1) is 0 Å². The van der Waals surface area contributed by atoms with Gasteiger partial charge in [0.05, 0.1) is 7.11 Å². The van der Waals surface area contributed by atoms with Crippen LogP contribution in [0.2, 0.25) is 0 Å². The summed E-state index contributed by atoms with van der Waals surface area (Å²) in [5, 5.41) is 0. The zero-order chi connectivity index (χ0) is 13.3. The molecule has 0 fully saturated rings. The molecule has 1 heterocycles. The largest absolute Gasteiger partial charge is 0.468 e.